The van der Waals surface area contributed by atoms with E-state index < -0.39 is 28.5 Å². The molecule has 10 heteroatoms. The molecule has 0 saturated heterocycles. The maximum atomic E-state index is 13.6. The summed E-state index contributed by atoms with van der Waals surface area (Å²) in [5.74, 6) is -0.645. The quantitative estimate of drug-likeness (QED) is 0.477. The first-order valence-corrected chi connectivity index (χ1v) is 13.9. The molecule has 2 aromatic rings. The fraction of sp³-hybridized carbons (Fsp3) is 0.440. The lowest BCUT2D eigenvalue weighted by atomic mass is 10.1. The molecule has 1 unspecified atom stereocenters. The minimum Gasteiger partial charge on any atom is -0.354 e. The number of anilines is 1. The van der Waals surface area contributed by atoms with Crippen LogP contribution in [-0.4, -0.2) is 50.5 Å². The van der Waals surface area contributed by atoms with Crippen LogP contribution < -0.4 is 9.62 Å². The second kappa shape index (κ2) is 12.1. The zero-order chi connectivity index (χ0) is 26.5. The molecule has 1 atom stereocenters. The Morgan fingerprint density at radius 3 is 2.11 bits per heavy atom. The molecule has 0 spiro atoms. The van der Waals surface area contributed by atoms with Crippen molar-refractivity contribution in [1.82, 2.24) is 10.2 Å². The van der Waals surface area contributed by atoms with Crippen LogP contribution in [0.1, 0.15) is 37.5 Å². The van der Waals surface area contributed by atoms with E-state index in [1.165, 1.54) is 4.90 Å². The van der Waals surface area contributed by atoms with Crippen LogP contribution in [0.15, 0.2) is 36.4 Å². The maximum Gasteiger partial charge on any atom is 0.244 e. The van der Waals surface area contributed by atoms with Crippen molar-refractivity contribution in [3.8, 4) is 0 Å². The highest BCUT2D eigenvalue weighted by molar-refractivity contribution is 7.92. The van der Waals surface area contributed by atoms with E-state index in [2.05, 4.69) is 5.32 Å². The Bertz CT molecular complexity index is 1160. The van der Waals surface area contributed by atoms with E-state index in [0.29, 0.717) is 27.8 Å². The summed E-state index contributed by atoms with van der Waals surface area (Å²) in [5, 5.41) is 3.63. The number of sulfonamides is 1. The molecule has 1 N–H and O–H groups in total. The van der Waals surface area contributed by atoms with Crippen LogP contribution in [0.4, 0.5) is 5.69 Å². The highest BCUT2D eigenvalue weighted by Crippen LogP contribution is 2.25. The van der Waals surface area contributed by atoms with Crippen molar-refractivity contribution in [1.29, 1.82) is 0 Å². The van der Waals surface area contributed by atoms with Crippen LogP contribution in [0, 0.1) is 19.8 Å². The molecular weight excluding hydrogens is 509 g/mol. The summed E-state index contributed by atoms with van der Waals surface area (Å²) in [6, 6.07) is 9.36. The smallest absolute Gasteiger partial charge is 0.244 e. The van der Waals surface area contributed by atoms with Crippen molar-refractivity contribution < 1.29 is 18.0 Å². The van der Waals surface area contributed by atoms with Gasteiger partial charge in [-0.15, -0.1) is 0 Å². The molecule has 0 aromatic heterocycles. The van der Waals surface area contributed by atoms with Crippen molar-refractivity contribution in [3.63, 3.8) is 0 Å². The lowest BCUT2D eigenvalue weighted by Gasteiger charge is -2.32. The Hall–Kier alpha value is -2.29. The maximum absolute atomic E-state index is 13.6. The number of carbonyl (C=O) groups is 2. The van der Waals surface area contributed by atoms with Crippen LogP contribution in [0.2, 0.25) is 10.0 Å². The van der Waals surface area contributed by atoms with Crippen LogP contribution in [0.3, 0.4) is 0 Å². The van der Waals surface area contributed by atoms with Crippen molar-refractivity contribution in [2.75, 3.05) is 23.7 Å². The average Bonchev–Trinajstić information content (AvgIpc) is 2.73. The Kier molecular flexibility index (Phi) is 10.0. The standard InChI is InChI=1S/C25H33Cl2N3O4S/c1-16(2)13-28-25(32)19(5)29(14-20-7-8-21(26)12-23(20)27)24(31)15-30(35(6,33)34)22-10-17(3)9-18(4)11-22/h7-12,16,19H,13-15H2,1-6H3,(H,28,32). The van der Waals surface area contributed by atoms with Crippen LogP contribution in [0.25, 0.3) is 0 Å². The van der Waals surface area contributed by atoms with Gasteiger partial charge < -0.3 is 10.2 Å². The third-order valence-electron chi connectivity index (χ3n) is 5.38. The molecule has 0 saturated carbocycles. The van der Waals surface area contributed by atoms with Crippen molar-refractivity contribution in [2.45, 2.75) is 47.2 Å². The number of nitrogens with zero attached hydrogens (tertiary/aromatic N) is 2. The summed E-state index contributed by atoms with van der Waals surface area (Å²) in [4.78, 5) is 27.8. The van der Waals surface area contributed by atoms with Crippen molar-refractivity contribution >= 4 is 50.7 Å². The largest absolute Gasteiger partial charge is 0.354 e. The molecule has 35 heavy (non-hydrogen) atoms. The third kappa shape index (κ3) is 8.40. The van der Waals surface area contributed by atoms with Crippen LogP contribution >= 0.6 is 23.2 Å². The van der Waals surface area contributed by atoms with Gasteiger partial charge >= 0.3 is 0 Å². The first kappa shape index (κ1) is 28.9. The van der Waals surface area contributed by atoms with E-state index in [-0.39, 0.29) is 18.4 Å². The summed E-state index contributed by atoms with van der Waals surface area (Å²) < 4.78 is 26.4. The number of carbonyl (C=O) groups excluding carboxylic acids is 2. The van der Waals surface area contributed by atoms with E-state index in [9.17, 15) is 18.0 Å². The molecule has 0 heterocycles. The lowest BCUT2D eigenvalue weighted by molar-refractivity contribution is -0.139. The summed E-state index contributed by atoms with van der Waals surface area (Å²) in [5.41, 5.74) is 2.71. The highest BCUT2D eigenvalue weighted by Gasteiger charge is 2.30. The number of halogens is 2. The number of hydrogen-bond donors (Lipinski definition) is 1. The average molecular weight is 543 g/mol. The first-order valence-electron chi connectivity index (χ1n) is 11.3. The van der Waals surface area contributed by atoms with Gasteiger partial charge in [-0.25, -0.2) is 8.42 Å². The normalized spacial score (nSPS) is 12.4. The molecule has 0 radical (unpaired) electrons. The highest BCUT2D eigenvalue weighted by atomic mass is 35.5. The van der Waals surface area contributed by atoms with Crippen molar-refractivity contribution in [2.24, 2.45) is 5.92 Å². The Morgan fingerprint density at radius 1 is 1.00 bits per heavy atom. The molecule has 0 aliphatic carbocycles. The molecule has 0 aliphatic rings. The van der Waals surface area contributed by atoms with Gasteiger partial charge in [-0.1, -0.05) is 49.2 Å². The van der Waals surface area contributed by atoms with Gasteiger partial charge in [-0.05, 0) is 67.6 Å². The SMILES string of the molecule is Cc1cc(C)cc(N(CC(=O)N(Cc2ccc(Cl)cc2Cl)C(C)C(=O)NCC(C)C)S(C)(=O)=O)c1. The minimum atomic E-state index is -3.79. The summed E-state index contributed by atoms with van der Waals surface area (Å²) >= 11 is 12.4. The summed E-state index contributed by atoms with van der Waals surface area (Å²) in [6.07, 6.45) is 1.05. The summed E-state index contributed by atoms with van der Waals surface area (Å²) in [6.45, 7) is 9.25. The zero-order valence-corrected chi connectivity index (χ0v) is 23.3. The molecular formula is C25H33Cl2N3O4S. The number of nitrogens with one attached hydrogen (secondary N) is 1. The Labute approximate surface area is 218 Å². The molecule has 2 rings (SSSR count). The molecule has 0 bridgehead atoms. The van der Waals surface area contributed by atoms with E-state index >= 15 is 0 Å². The van der Waals surface area contributed by atoms with Gasteiger partial charge in [-0.2, -0.15) is 0 Å². The minimum absolute atomic E-state index is 0.00947. The van der Waals surface area contributed by atoms with Gasteiger partial charge in [0, 0.05) is 23.1 Å². The van der Waals surface area contributed by atoms with Crippen LogP contribution in [0.5, 0.6) is 0 Å². The number of aryl methyl sites for hydroxylation is 2. The number of benzene rings is 2. The van der Waals surface area contributed by atoms with Gasteiger partial charge in [-0.3, -0.25) is 13.9 Å². The molecule has 0 fully saturated rings. The van der Waals surface area contributed by atoms with Crippen LogP contribution in [-0.2, 0) is 26.2 Å². The second-order valence-electron chi connectivity index (χ2n) is 9.19. The number of rotatable bonds is 10. The first-order chi connectivity index (χ1) is 16.2. The van der Waals surface area contributed by atoms with Crippen molar-refractivity contribution in [3.05, 3.63) is 63.1 Å². The lowest BCUT2D eigenvalue weighted by Crippen LogP contribution is -2.51. The molecule has 0 aliphatic heterocycles. The summed E-state index contributed by atoms with van der Waals surface area (Å²) in [7, 11) is -3.79. The fourth-order valence-electron chi connectivity index (χ4n) is 3.58. The topological polar surface area (TPSA) is 86.8 Å². The number of hydrogen-bond acceptors (Lipinski definition) is 4. The Balaban J connectivity index is 2.43. The fourth-order valence-corrected chi connectivity index (χ4v) is 4.88. The molecule has 2 aromatic carbocycles. The van der Waals surface area contributed by atoms with Gasteiger partial charge in [0.25, 0.3) is 0 Å². The Morgan fingerprint density at radius 2 is 1.60 bits per heavy atom. The van der Waals surface area contributed by atoms with Gasteiger partial charge in [0.2, 0.25) is 21.8 Å². The number of amides is 2. The van der Waals surface area contributed by atoms with E-state index in [4.69, 9.17) is 23.2 Å². The van der Waals surface area contributed by atoms with Gasteiger partial charge in [0.05, 0.1) is 11.9 Å². The van der Waals surface area contributed by atoms with Gasteiger partial charge in [0.15, 0.2) is 0 Å². The molecule has 7 nitrogen and oxygen atoms in total. The predicted molar refractivity (Wildman–Crippen MR) is 142 cm³/mol. The van der Waals surface area contributed by atoms with E-state index in [1.54, 1.807) is 37.3 Å². The van der Waals surface area contributed by atoms with E-state index in [0.717, 1.165) is 21.7 Å². The predicted octanol–water partition coefficient (Wildman–Crippen LogP) is 4.57. The second-order valence-corrected chi connectivity index (χ2v) is 11.9. The molecule has 192 valence electrons. The van der Waals surface area contributed by atoms with Gasteiger partial charge in [0.1, 0.15) is 12.6 Å². The monoisotopic (exact) mass is 541 g/mol. The molecule has 2 amide bonds. The van der Waals surface area contributed by atoms with E-state index in [1.807, 2.05) is 33.8 Å². The third-order valence-corrected chi connectivity index (χ3v) is 7.11. The zero-order valence-electron chi connectivity index (χ0n) is 20.9.